The second-order valence-electron chi connectivity index (χ2n) is 4.18. The first kappa shape index (κ1) is 17.7. The highest BCUT2D eigenvalue weighted by atomic mass is 32.2. The first-order chi connectivity index (χ1) is 8.31. The summed E-state index contributed by atoms with van der Waals surface area (Å²) >= 11 is 1.49. The molecule has 5 nitrogen and oxygen atoms in total. The van der Waals surface area contributed by atoms with Crippen LogP contribution in [0.15, 0.2) is 0 Å². The summed E-state index contributed by atoms with van der Waals surface area (Å²) in [6.07, 6.45) is 0.505. The molecular weight excluding hydrogens is 274 g/mol. The number of rotatable bonds is 9. The van der Waals surface area contributed by atoms with Gasteiger partial charge in [0.1, 0.15) is 6.04 Å². The number of hydrogen-bond acceptors (Lipinski definition) is 6. The Hall–Kier alpha value is -0.270. The smallest absolute Gasteiger partial charge is 0.322 e. The molecule has 1 atom stereocenters. The Bertz CT molecular complexity index is 341. The zero-order valence-electron chi connectivity index (χ0n) is 11.2. The van der Waals surface area contributed by atoms with Crippen LogP contribution < -0.4 is 5.73 Å². The first-order valence-electron chi connectivity index (χ1n) is 6.02. The van der Waals surface area contributed by atoms with Gasteiger partial charge in [-0.25, -0.2) is 8.42 Å². The molecule has 0 fully saturated rings. The van der Waals surface area contributed by atoms with Gasteiger partial charge in [0.15, 0.2) is 9.84 Å². The van der Waals surface area contributed by atoms with Gasteiger partial charge in [-0.05, 0) is 32.9 Å². The van der Waals surface area contributed by atoms with Crippen LogP contribution in [0.5, 0.6) is 0 Å². The maximum absolute atomic E-state index is 11.5. The fraction of sp³-hybridized carbons (Fsp3) is 0.909. The van der Waals surface area contributed by atoms with Crippen LogP contribution in [0.1, 0.15) is 27.2 Å². The third kappa shape index (κ3) is 7.23. The number of hydrogen-bond donors (Lipinski definition) is 1. The number of thioether (sulfide) groups is 1. The molecule has 0 aliphatic heterocycles. The van der Waals surface area contributed by atoms with E-state index in [1.165, 1.54) is 11.8 Å². The molecular formula is C11H23NO4S2. The molecule has 0 aliphatic rings. The SMILES string of the molecule is CCOC(=O)C(N)CCSCCS(=O)(=O)C(C)C. The minimum absolute atomic E-state index is 0.171. The van der Waals surface area contributed by atoms with Gasteiger partial charge in [-0.15, -0.1) is 0 Å². The van der Waals surface area contributed by atoms with Crippen LogP contribution >= 0.6 is 11.8 Å². The predicted molar refractivity (Wildman–Crippen MR) is 75.5 cm³/mol. The van der Waals surface area contributed by atoms with E-state index in [-0.39, 0.29) is 11.0 Å². The molecule has 0 radical (unpaired) electrons. The standard InChI is InChI=1S/C11H23NO4S2/c1-4-16-11(13)10(12)5-6-17-7-8-18(14,15)9(2)3/h9-10H,4-8,12H2,1-3H3. The molecule has 0 aromatic rings. The van der Waals surface area contributed by atoms with Crippen molar-refractivity contribution < 1.29 is 17.9 Å². The minimum Gasteiger partial charge on any atom is -0.465 e. The summed E-state index contributed by atoms with van der Waals surface area (Å²) in [4.78, 5) is 11.2. The van der Waals surface area contributed by atoms with Gasteiger partial charge in [-0.1, -0.05) is 0 Å². The van der Waals surface area contributed by atoms with Gasteiger partial charge >= 0.3 is 5.97 Å². The van der Waals surface area contributed by atoms with Crippen molar-refractivity contribution in [2.45, 2.75) is 38.5 Å². The van der Waals surface area contributed by atoms with Gasteiger partial charge in [0.2, 0.25) is 0 Å². The van der Waals surface area contributed by atoms with Gasteiger partial charge in [0.05, 0.1) is 17.6 Å². The lowest BCUT2D eigenvalue weighted by Gasteiger charge is -2.10. The normalized spacial score (nSPS) is 13.6. The topological polar surface area (TPSA) is 86.5 Å². The highest BCUT2D eigenvalue weighted by Crippen LogP contribution is 2.09. The molecule has 0 heterocycles. The van der Waals surface area contributed by atoms with Crippen LogP contribution in [0.4, 0.5) is 0 Å². The molecule has 2 N–H and O–H groups in total. The van der Waals surface area contributed by atoms with Gasteiger partial charge in [-0.2, -0.15) is 11.8 Å². The van der Waals surface area contributed by atoms with E-state index < -0.39 is 21.8 Å². The molecule has 108 valence electrons. The van der Waals surface area contributed by atoms with E-state index >= 15 is 0 Å². The quantitative estimate of drug-likeness (QED) is 0.501. The summed E-state index contributed by atoms with van der Waals surface area (Å²) in [7, 11) is -2.97. The average molecular weight is 297 g/mol. The Morgan fingerprint density at radius 3 is 2.44 bits per heavy atom. The fourth-order valence-corrected chi connectivity index (χ4v) is 3.59. The van der Waals surface area contributed by atoms with Crippen LogP contribution in [0.3, 0.4) is 0 Å². The van der Waals surface area contributed by atoms with E-state index in [1.807, 2.05) is 0 Å². The number of ether oxygens (including phenoxy) is 1. The van der Waals surface area contributed by atoms with Crippen molar-refractivity contribution in [3.05, 3.63) is 0 Å². The third-order valence-corrected chi connectivity index (χ3v) is 5.88. The molecule has 7 heteroatoms. The highest BCUT2D eigenvalue weighted by molar-refractivity contribution is 8.00. The monoisotopic (exact) mass is 297 g/mol. The Kier molecular flexibility index (Phi) is 8.64. The number of nitrogens with two attached hydrogens (primary N) is 1. The van der Waals surface area contributed by atoms with Crippen molar-refractivity contribution in [2.24, 2.45) is 5.73 Å². The van der Waals surface area contributed by atoms with Crippen molar-refractivity contribution in [1.82, 2.24) is 0 Å². The summed E-state index contributed by atoms with van der Waals surface area (Å²) < 4.78 is 27.8. The Labute approximate surface area is 114 Å². The Morgan fingerprint density at radius 2 is 1.94 bits per heavy atom. The van der Waals surface area contributed by atoms with Gasteiger partial charge in [-0.3, -0.25) is 4.79 Å². The summed E-state index contributed by atoms with van der Waals surface area (Å²) in [5.74, 6) is 0.973. The lowest BCUT2D eigenvalue weighted by molar-refractivity contribution is -0.144. The van der Waals surface area contributed by atoms with Crippen molar-refractivity contribution in [1.29, 1.82) is 0 Å². The van der Waals surface area contributed by atoms with Crippen LogP contribution in [0, 0.1) is 0 Å². The molecule has 0 rings (SSSR count). The van der Waals surface area contributed by atoms with Crippen LogP contribution in [-0.2, 0) is 19.4 Å². The number of esters is 1. The molecule has 0 amide bonds. The molecule has 0 saturated heterocycles. The van der Waals surface area contributed by atoms with E-state index in [0.29, 0.717) is 24.5 Å². The van der Waals surface area contributed by atoms with E-state index in [2.05, 4.69) is 0 Å². The zero-order chi connectivity index (χ0) is 14.2. The minimum atomic E-state index is -2.97. The maximum Gasteiger partial charge on any atom is 0.322 e. The molecule has 1 unspecified atom stereocenters. The van der Waals surface area contributed by atoms with E-state index in [4.69, 9.17) is 10.5 Å². The molecule has 0 saturated carbocycles. The Balaban J connectivity index is 3.72. The third-order valence-electron chi connectivity index (χ3n) is 2.39. The first-order valence-corrected chi connectivity index (χ1v) is 8.89. The number of carbonyl (C=O) groups excluding carboxylic acids is 1. The summed E-state index contributed by atoms with van der Waals surface area (Å²) in [5.41, 5.74) is 5.61. The van der Waals surface area contributed by atoms with Gasteiger partial charge in [0, 0.05) is 5.75 Å². The largest absolute Gasteiger partial charge is 0.465 e. The van der Waals surface area contributed by atoms with Crippen LogP contribution in [-0.4, -0.2) is 49.5 Å². The lowest BCUT2D eigenvalue weighted by Crippen LogP contribution is -2.32. The fourth-order valence-electron chi connectivity index (χ4n) is 1.09. The second kappa shape index (κ2) is 8.77. The zero-order valence-corrected chi connectivity index (χ0v) is 12.9. The molecule has 0 aromatic carbocycles. The van der Waals surface area contributed by atoms with Gasteiger partial charge in [0.25, 0.3) is 0 Å². The average Bonchev–Trinajstić information content (AvgIpc) is 2.28. The van der Waals surface area contributed by atoms with E-state index in [1.54, 1.807) is 20.8 Å². The highest BCUT2D eigenvalue weighted by Gasteiger charge is 2.16. The molecule has 0 spiro atoms. The Morgan fingerprint density at radius 1 is 1.33 bits per heavy atom. The van der Waals surface area contributed by atoms with Crippen LogP contribution in [0.25, 0.3) is 0 Å². The number of sulfone groups is 1. The number of carbonyl (C=O) groups is 1. The lowest BCUT2D eigenvalue weighted by atomic mass is 10.2. The second-order valence-corrected chi connectivity index (χ2v) is 8.08. The van der Waals surface area contributed by atoms with Crippen molar-refractivity contribution in [2.75, 3.05) is 23.9 Å². The molecule has 18 heavy (non-hydrogen) atoms. The van der Waals surface area contributed by atoms with Crippen molar-refractivity contribution in [3.63, 3.8) is 0 Å². The van der Waals surface area contributed by atoms with Crippen molar-refractivity contribution in [3.8, 4) is 0 Å². The van der Waals surface area contributed by atoms with E-state index in [9.17, 15) is 13.2 Å². The van der Waals surface area contributed by atoms with Gasteiger partial charge < -0.3 is 10.5 Å². The summed E-state index contributed by atoms with van der Waals surface area (Å²) in [6, 6.07) is -0.612. The molecule has 0 aromatic heterocycles. The van der Waals surface area contributed by atoms with E-state index in [0.717, 1.165) is 0 Å². The molecule has 0 aliphatic carbocycles. The molecule has 0 bridgehead atoms. The van der Waals surface area contributed by atoms with Crippen molar-refractivity contribution >= 4 is 27.6 Å². The summed E-state index contributed by atoms with van der Waals surface area (Å²) in [6.45, 7) is 5.41. The van der Waals surface area contributed by atoms with Crippen LogP contribution in [0.2, 0.25) is 0 Å². The maximum atomic E-state index is 11.5. The summed E-state index contributed by atoms with van der Waals surface area (Å²) in [5, 5.41) is -0.333. The predicted octanol–water partition coefficient (Wildman–Crippen LogP) is 0.823.